The highest BCUT2D eigenvalue weighted by Gasteiger charge is 2.08. The second-order valence-electron chi connectivity index (χ2n) is 2.56. The van der Waals surface area contributed by atoms with Crippen LogP contribution in [0.25, 0.3) is 0 Å². The Morgan fingerprint density at radius 1 is 1.46 bits per heavy atom. The first kappa shape index (κ1) is 9.74. The Morgan fingerprint density at radius 3 is 2.77 bits per heavy atom. The maximum absolute atomic E-state index is 11.3. The fourth-order valence-corrected chi connectivity index (χ4v) is 1.09. The van der Waals surface area contributed by atoms with E-state index >= 15 is 0 Å². The van der Waals surface area contributed by atoms with Gasteiger partial charge in [-0.2, -0.15) is 0 Å². The quantitative estimate of drug-likeness (QED) is 0.707. The lowest BCUT2D eigenvalue weighted by Crippen LogP contribution is -2.14. The molecule has 0 radical (unpaired) electrons. The van der Waals surface area contributed by atoms with Crippen molar-refractivity contribution in [2.45, 2.75) is 6.92 Å². The van der Waals surface area contributed by atoms with Gasteiger partial charge in [-0.3, -0.25) is 4.79 Å². The van der Waals surface area contributed by atoms with Gasteiger partial charge in [0.2, 0.25) is 0 Å². The number of rotatable bonds is 4. The zero-order chi connectivity index (χ0) is 9.68. The standard InChI is InChI=1S/C10H13NO2/c1-2-13-10-6-4-3-5-8(10)9(12)7-11/h3-6H,2,7,11H2,1H3. The number of carbonyl (C=O) groups excluding carboxylic acids is 1. The molecular formula is C10H13NO2. The second kappa shape index (κ2) is 4.62. The van der Waals surface area contributed by atoms with E-state index < -0.39 is 0 Å². The van der Waals surface area contributed by atoms with Gasteiger partial charge in [0, 0.05) is 0 Å². The molecule has 1 aromatic rings. The van der Waals surface area contributed by atoms with Crippen LogP contribution in [0.2, 0.25) is 0 Å². The topological polar surface area (TPSA) is 52.3 Å². The number of hydrogen-bond donors (Lipinski definition) is 1. The minimum atomic E-state index is -0.0935. The number of benzene rings is 1. The first-order chi connectivity index (χ1) is 6.29. The number of nitrogens with two attached hydrogens (primary N) is 1. The summed E-state index contributed by atoms with van der Waals surface area (Å²) < 4.78 is 5.28. The van der Waals surface area contributed by atoms with Gasteiger partial charge in [-0.25, -0.2) is 0 Å². The molecule has 0 heterocycles. The third kappa shape index (κ3) is 2.29. The largest absolute Gasteiger partial charge is 0.493 e. The van der Waals surface area contributed by atoms with Gasteiger partial charge in [-0.15, -0.1) is 0 Å². The van der Waals surface area contributed by atoms with Crippen molar-refractivity contribution in [3.63, 3.8) is 0 Å². The number of carbonyl (C=O) groups is 1. The summed E-state index contributed by atoms with van der Waals surface area (Å²) in [5.41, 5.74) is 5.83. The summed E-state index contributed by atoms with van der Waals surface area (Å²) in [4.78, 5) is 11.3. The zero-order valence-electron chi connectivity index (χ0n) is 7.62. The van der Waals surface area contributed by atoms with Crippen LogP contribution in [-0.4, -0.2) is 18.9 Å². The van der Waals surface area contributed by atoms with E-state index in [1.54, 1.807) is 18.2 Å². The molecule has 3 heteroatoms. The normalized spacial score (nSPS) is 9.69. The van der Waals surface area contributed by atoms with E-state index in [9.17, 15) is 4.79 Å². The Morgan fingerprint density at radius 2 is 2.15 bits per heavy atom. The Hall–Kier alpha value is -1.35. The number of Topliss-reactive ketones (excluding diaryl/α,β-unsaturated/α-hetero) is 1. The lowest BCUT2D eigenvalue weighted by atomic mass is 10.1. The zero-order valence-corrected chi connectivity index (χ0v) is 7.62. The molecule has 1 rings (SSSR count). The molecule has 0 atom stereocenters. The Balaban J connectivity index is 2.97. The summed E-state index contributed by atoms with van der Waals surface area (Å²) in [6, 6.07) is 7.12. The van der Waals surface area contributed by atoms with E-state index in [1.165, 1.54) is 0 Å². The predicted molar refractivity (Wildman–Crippen MR) is 51.0 cm³/mol. The second-order valence-corrected chi connectivity index (χ2v) is 2.56. The van der Waals surface area contributed by atoms with Crippen LogP contribution < -0.4 is 10.5 Å². The molecule has 2 N–H and O–H groups in total. The van der Waals surface area contributed by atoms with Crippen LogP contribution in [0.4, 0.5) is 0 Å². The number of hydrogen-bond acceptors (Lipinski definition) is 3. The molecule has 0 fully saturated rings. The van der Waals surface area contributed by atoms with Gasteiger partial charge in [0.05, 0.1) is 18.7 Å². The van der Waals surface area contributed by atoms with Crippen molar-refractivity contribution in [1.82, 2.24) is 0 Å². The number of ketones is 1. The maximum Gasteiger partial charge on any atom is 0.180 e. The fraction of sp³-hybridized carbons (Fsp3) is 0.300. The van der Waals surface area contributed by atoms with Gasteiger partial charge < -0.3 is 10.5 Å². The molecule has 0 aliphatic rings. The summed E-state index contributed by atoms with van der Waals surface area (Å²) in [7, 11) is 0. The minimum absolute atomic E-state index is 0.0179. The van der Waals surface area contributed by atoms with Crippen LogP contribution in [0.15, 0.2) is 24.3 Å². The Labute approximate surface area is 77.5 Å². The van der Waals surface area contributed by atoms with Crippen molar-refractivity contribution in [2.24, 2.45) is 5.73 Å². The molecule has 0 amide bonds. The molecule has 0 saturated heterocycles. The highest BCUT2D eigenvalue weighted by Crippen LogP contribution is 2.17. The Bertz CT molecular complexity index is 297. The predicted octanol–water partition coefficient (Wildman–Crippen LogP) is 1.23. The monoisotopic (exact) mass is 179 g/mol. The van der Waals surface area contributed by atoms with E-state index in [1.807, 2.05) is 13.0 Å². The van der Waals surface area contributed by atoms with Crippen molar-refractivity contribution >= 4 is 5.78 Å². The molecule has 0 aromatic heterocycles. The van der Waals surface area contributed by atoms with Crippen LogP contribution in [-0.2, 0) is 0 Å². The first-order valence-corrected chi connectivity index (χ1v) is 4.24. The SMILES string of the molecule is CCOc1ccccc1C(=O)CN. The Kier molecular flexibility index (Phi) is 3.46. The van der Waals surface area contributed by atoms with Crippen molar-refractivity contribution < 1.29 is 9.53 Å². The van der Waals surface area contributed by atoms with E-state index in [0.717, 1.165) is 0 Å². The van der Waals surface area contributed by atoms with Gasteiger partial charge in [0.25, 0.3) is 0 Å². The van der Waals surface area contributed by atoms with Crippen molar-refractivity contribution in [2.75, 3.05) is 13.2 Å². The van der Waals surface area contributed by atoms with Gasteiger partial charge in [0.1, 0.15) is 5.75 Å². The van der Waals surface area contributed by atoms with Gasteiger partial charge in [-0.1, -0.05) is 12.1 Å². The smallest absolute Gasteiger partial charge is 0.180 e. The molecule has 0 aliphatic heterocycles. The van der Waals surface area contributed by atoms with Crippen molar-refractivity contribution in [3.05, 3.63) is 29.8 Å². The highest BCUT2D eigenvalue weighted by molar-refractivity contribution is 5.99. The van der Waals surface area contributed by atoms with Crippen LogP contribution in [0.3, 0.4) is 0 Å². The van der Waals surface area contributed by atoms with Crippen LogP contribution in [0.5, 0.6) is 5.75 Å². The number of para-hydroxylation sites is 1. The van der Waals surface area contributed by atoms with Crippen molar-refractivity contribution in [3.8, 4) is 5.75 Å². The van der Waals surface area contributed by atoms with Crippen LogP contribution >= 0.6 is 0 Å². The summed E-state index contributed by atoms with van der Waals surface area (Å²) >= 11 is 0. The molecule has 13 heavy (non-hydrogen) atoms. The summed E-state index contributed by atoms with van der Waals surface area (Å²) in [6.07, 6.45) is 0. The van der Waals surface area contributed by atoms with E-state index in [4.69, 9.17) is 10.5 Å². The van der Waals surface area contributed by atoms with Crippen LogP contribution in [0.1, 0.15) is 17.3 Å². The molecule has 0 spiro atoms. The molecule has 3 nitrogen and oxygen atoms in total. The molecule has 70 valence electrons. The third-order valence-corrected chi connectivity index (χ3v) is 1.67. The molecular weight excluding hydrogens is 166 g/mol. The molecule has 0 bridgehead atoms. The first-order valence-electron chi connectivity index (χ1n) is 4.24. The maximum atomic E-state index is 11.3. The average molecular weight is 179 g/mol. The van der Waals surface area contributed by atoms with Crippen molar-refractivity contribution in [1.29, 1.82) is 0 Å². The number of ether oxygens (including phenoxy) is 1. The molecule has 0 unspecified atom stereocenters. The lowest BCUT2D eigenvalue weighted by molar-refractivity contribution is 0.0998. The fourth-order valence-electron chi connectivity index (χ4n) is 1.09. The molecule has 0 aliphatic carbocycles. The third-order valence-electron chi connectivity index (χ3n) is 1.67. The van der Waals surface area contributed by atoms with Crippen LogP contribution in [0, 0.1) is 0 Å². The molecule has 1 aromatic carbocycles. The van der Waals surface area contributed by atoms with E-state index in [0.29, 0.717) is 17.9 Å². The van der Waals surface area contributed by atoms with E-state index in [2.05, 4.69) is 0 Å². The minimum Gasteiger partial charge on any atom is -0.493 e. The summed E-state index contributed by atoms with van der Waals surface area (Å²) in [5, 5.41) is 0. The molecule has 0 saturated carbocycles. The summed E-state index contributed by atoms with van der Waals surface area (Å²) in [6.45, 7) is 2.45. The lowest BCUT2D eigenvalue weighted by Gasteiger charge is -2.07. The van der Waals surface area contributed by atoms with E-state index in [-0.39, 0.29) is 12.3 Å². The summed E-state index contributed by atoms with van der Waals surface area (Å²) in [5.74, 6) is 0.518. The van der Waals surface area contributed by atoms with Gasteiger partial charge in [0.15, 0.2) is 5.78 Å². The highest BCUT2D eigenvalue weighted by atomic mass is 16.5. The van der Waals surface area contributed by atoms with Gasteiger partial charge >= 0.3 is 0 Å². The van der Waals surface area contributed by atoms with Gasteiger partial charge in [-0.05, 0) is 19.1 Å². The average Bonchev–Trinajstić information content (AvgIpc) is 2.18.